The van der Waals surface area contributed by atoms with Crippen molar-refractivity contribution < 1.29 is 18.4 Å². The second-order valence-corrected chi connectivity index (χ2v) is 9.38. The highest BCUT2D eigenvalue weighted by Crippen LogP contribution is 2.22. The molecule has 5 N–H and O–H groups in total. The predicted molar refractivity (Wildman–Crippen MR) is 145 cm³/mol. The lowest BCUT2D eigenvalue weighted by Crippen LogP contribution is -2.45. The lowest BCUT2D eigenvalue weighted by molar-refractivity contribution is 0.102. The first-order chi connectivity index (χ1) is 18.3. The van der Waals surface area contributed by atoms with Crippen molar-refractivity contribution in [3.63, 3.8) is 0 Å². The van der Waals surface area contributed by atoms with Crippen molar-refractivity contribution in [2.45, 2.75) is 12.5 Å². The standard InChI is InChI=1S/C28H32F2N6O2/c1-35-14-16-36(17-15-35)13-12-25(34-28(38)32-21-10-11-22(29)23(30)18-21)19-6-8-20(9-7-19)27(37)33-26-5-3-2-4-24(26)31/h2-11,18,25H,12-17,31H2,1H3,(H,33,37)(H2,32,34,38). The van der Waals surface area contributed by atoms with E-state index in [4.69, 9.17) is 5.73 Å². The number of hydrogen-bond acceptors (Lipinski definition) is 5. The molecular weight excluding hydrogens is 490 g/mol. The summed E-state index contributed by atoms with van der Waals surface area (Å²) in [4.78, 5) is 30.1. The van der Waals surface area contributed by atoms with Gasteiger partial charge in [-0.25, -0.2) is 13.6 Å². The third kappa shape index (κ3) is 7.27. The highest BCUT2D eigenvalue weighted by atomic mass is 19.2. The molecule has 4 rings (SSSR count). The molecule has 1 saturated heterocycles. The van der Waals surface area contributed by atoms with Crippen molar-refractivity contribution in [1.29, 1.82) is 0 Å². The number of para-hydroxylation sites is 2. The molecule has 1 aliphatic heterocycles. The van der Waals surface area contributed by atoms with Crippen LogP contribution < -0.4 is 21.7 Å². The topological polar surface area (TPSA) is 103 Å². The maximum Gasteiger partial charge on any atom is 0.319 e. The van der Waals surface area contributed by atoms with Crippen LogP contribution in [0.5, 0.6) is 0 Å². The monoisotopic (exact) mass is 522 g/mol. The summed E-state index contributed by atoms with van der Waals surface area (Å²) < 4.78 is 26.8. The Hall–Kier alpha value is -4.02. The van der Waals surface area contributed by atoms with Crippen LogP contribution in [0.4, 0.5) is 30.6 Å². The van der Waals surface area contributed by atoms with Crippen molar-refractivity contribution in [1.82, 2.24) is 15.1 Å². The molecule has 200 valence electrons. The normalized spacial score (nSPS) is 15.0. The Morgan fingerprint density at radius 3 is 2.32 bits per heavy atom. The van der Waals surface area contributed by atoms with Gasteiger partial charge in [-0.3, -0.25) is 4.79 Å². The number of halogens is 2. The van der Waals surface area contributed by atoms with Gasteiger partial charge in [0.25, 0.3) is 5.91 Å². The average molecular weight is 523 g/mol. The minimum absolute atomic E-state index is 0.145. The number of amides is 3. The molecule has 0 spiro atoms. The second kappa shape index (κ2) is 12.5. The number of likely N-dealkylation sites (N-methyl/N-ethyl adjacent to an activating group) is 1. The third-order valence-corrected chi connectivity index (χ3v) is 6.60. The molecule has 8 nitrogen and oxygen atoms in total. The molecule has 10 heteroatoms. The molecule has 1 fully saturated rings. The highest BCUT2D eigenvalue weighted by Gasteiger charge is 2.20. The van der Waals surface area contributed by atoms with Crippen LogP contribution in [0.1, 0.15) is 28.4 Å². The Kier molecular flexibility index (Phi) is 8.88. The summed E-state index contributed by atoms with van der Waals surface area (Å²) in [7, 11) is 2.09. The molecule has 0 saturated carbocycles. The lowest BCUT2D eigenvalue weighted by Gasteiger charge is -2.33. The number of piperazine rings is 1. The number of nitrogen functional groups attached to an aromatic ring is 1. The molecule has 1 heterocycles. The molecule has 38 heavy (non-hydrogen) atoms. The van der Waals surface area contributed by atoms with E-state index in [0.717, 1.165) is 50.4 Å². The van der Waals surface area contributed by atoms with Crippen molar-refractivity contribution in [3.8, 4) is 0 Å². The van der Waals surface area contributed by atoms with Crippen LogP contribution in [0.3, 0.4) is 0 Å². The summed E-state index contributed by atoms with van der Waals surface area (Å²) in [6.45, 7) is 4.59. The zero-order chi connectivity index (χ0) is 27.1. The molecule has 0 aromatic heterocycles. The van der Waals surface area contributed by atoms with Gasteiger partial charge >= 0.3 is 6.03 Å². The number of carbonyl (C=O) groups is 2. The third-order valence-electron chi connectivity index (χ3n) is 6.60. The van der Waals surface area contributed by atoms with Gasteiger partial charge in [0.2, 0.25) is 0 Å². The Morgan fingerprint density at radius 1 is 0.921 bits per heavy atom. The van der Waals surface area contributed by atoms with Crippen LogP contribution in [0.15, 0.2) is 66.7 Å². The first-order valence-corrected chi connectivity index (χ1v) is 12.5. The van der Waals surface area contributed by atoms with Crippen LogP contribution in [-0.4, -0.2) is 61.5 Å². The Morgan fingerprint density at radius 2 is 1.63 bits per heavy atom. The van der Waals surface area contributed by atoms with Gasteiger partial charge in [-0.15, -0.1) is 0 Å². The van der Waals surface area contributed by atoms with E-state index in [1.807, 2.05) is 0 Å². The zero-order valence-electron chi connectivity index (χ0n) is 21.2. The molecule has 3 amide bonds. The van der Waals surface area contributed by atoms with Crippen molar-refractivity contribution in [2.24, 2.45) is 0 Å². The van der Waals surface area contributed by atoms with Gasteiger partial charge in [0.1, 0.15) is 0 Å². The Labute approximate surface area is 220 Å². The van der Waals surface area contributed by atoms with E-state index >= 15 is 0 Å². The predicted octanol–water partition coefficient (Wildman–Crippen LogP) is 4.30. The number of urea groups is 1. The van der Waals surface area contributed by atoms with Gasteiger partial charge in [-0.1, -0.05) is 24.3 Å². The van der Waals surface area contributed by atoms with E-state index in [0.29, 0.717) is 23.4 Å². The van der Waals surface area contributed by atoms with E-state index in [1.165, 1.54) is 6.07 Å². The maximum absolute atomic E-state index is 13.6. The van der Waals surface area contributed by atoms with Crippen LogP contribution in [0, 0.1) is 11.6 Å². The molecule has 1 unspecified atom stereocenters. The molecule has 3 aromatic rings. The number of nitrogens with two attached hydrogens (primary N) is 1. The summed E-state index contributed by atoms with van der Waals surface area (Å²) in [6.07, 6.45) is 0.626. The largest absolute Gasteiger partial charge is 0.397 e. The van der Waals surface area contributed by atoms with Gasteiger partial charge in [-0.2, -0.15) is 0 Å². The van der Waals surface area contributed by atoms with E-state index in [9.17, 15) is 18.4 Å². The number of anilines is 3. The van der Waals surface area contributed by atoms with Crippen molar-refractivity contribution >= 4 is 29.0 Å². The number of carbonyl (C=O) groups excluding carboxylic acids is 2. The van der Waals surface area contributed by atoms with E-state index in [-0.39, 0.29) is 17.6 Å². The molecule has 3 aromatic carbocycles. The lowest BCUT2D eigenvalue weighted by atomic mass is 10.0. The summed E-state index contributed by atoms with van der Waals surface area (Å²) in [5.74, 6) is -2.33. The van der Waals surface area contributed by atoms with Crippen molar-refractivity contribution in [2.75, 3.05) is 56.1 Å². The van der Waals surface area contributed by atoms with Crippen molar-refractivity contribution in [3.05, 3.63) is 89.5 Å². The zero-order valence-corrected chi connectivity index (χ0v) is 21.2. The van der Waals surface area contributed by atoms with E-state index in [2.05, 4.69) is 32.8 Å². The van der Waals surface area contributed by atoms with E-state index < -0.39 is 17.7 Å². The first-order valence-electron chi connectivity index (χ1n) is 12.5. The average Bonchev–Trinajstić information content (AvgIpc) is 2.91. The Bertz CT molecular complexity index is 1260. The number of rotatable bonds is 8. The summed E-state index contributed by atoms with van der Waals surface area (Å²) in [5, 5.41) is 8.31. The molecule has 1 aliphatic rings. The molecular formula is C28H32F2N6O2. The Balaban J connectivity index is 1.45. The number of nitrogens with zero attached hydrogens (tertiary/aromatic N) is 2. The highest BCUT2D eigenvalue weighted by molar-refractivity contribution is 6.05. The van der Waals surface area contributed by atoms with Crippen LogP contribution >= 0.6 is 0 Å². The first kappa shape index (κ1) is 27.0. The quantitative estimate of drug-likeness (QED) is 0.331. The molecule has 0 aliphatic carbocycles. The van der Waals surface area contributed by atoms with Crippen LogP contribution in [0.2, 0.25) is 0 Å². The van der Waals surface area contributed by atoms with Gasteiger partial charge in [0.05, 0.1) is 17.4 Å². The summed E-state index contributed by atoms with van der Waals surface area (Å²) in [5.41, 5.74) is 8.33. The minimum atomic E-state index is -1.04. The fraction of sp³-hybridized carbons (Fsp3) is 0.286. The SMILES string of the molecule is CN1CCN(CCC(NC(=O)Nc2ccc(F)c(F)c2)c2ccc(C(=O)Nc3ccccc3N)cc2)CC1. The fourth-order valence-electron chi connectivity index (χ4n) is 4.28. The van der Waals surface area contributed by atoms with Gasteiger partial charge in [0.15, 0.2) is 11.6 Å². The van der Waals surface area contributed by atoms with Gasteiger partial charge in [0, 0.05) is 50.0 Å². The van der Waals surface area contributed by atoms with E-state index in [1.54, 1.807) is 48.5 Å². The summed E-state index contributed by atoms with van der Waals surface area (Å²) >= 11 is 0. The van der Waals surface area contributed by atoms with Crippen LogP contribution in [-0.2, 0) is 0 Å². The van der Waals surface area contributed by atoms with Gasteiger partial charge in [-0.05, 0) is 55.4 Å². The smallest absolute Gasteiger partial charge is 0.319 e. The number of benzene rings is 3. The van der Waals surface area contributed by atoms with Gasteiger partial charge < -0.3 is 31.5 Å². The maximum atomic E-state index is 13.6. The number of hydrogen-bond donors (Lipinski definition) is 4. The second-order valence-electron chi connectivity index (χ2n) is 9.38. The molecule has 1 atom stereocenters. The molecule has 0 bridgehead atoms. The van der Waals surface area contributed by atoms with Crippen LogP contribution in [0.25, 0.3) is 0 Å². The molecule has 0 radical (unpaired) electrons. The fourth-order valence-corrected chi connectivity index (χ4v) is 4.28. The summed E-state index contributed by atoms with van der Waals surface area (Å²) in [6, 6.07) is 16.3. The number of nitrogens with one attached hydrogen (secondary N) is 3. The minimum Gasteiger partial charge on any atom is -0.397 e.